The standard InChI is InChI=1S/C21H23N7O2/c1-12-16(10-26(2)25-12)21(30)27-7-13-3-15(9-27)18-4-14(5-20(29)28(18)8-13)17-6-19(22)24-11-23-17/h4-6,10-11,13,15H,3,7-9H2,1-2H3,(H2,22,23,24)/t13-,15+/m0/s1. The minimum absolute atomic E-state index is 0.00539. The van der Waals surface area contributed by atoms with E-state index in [0.717, 1.165) is 23.4 Å². The van der Waals surface area contributed by atoms with Crippen LogP contribution < -0.4 is 11.3 Å². The van der Waals surface area contributed by atoms with E-state index in [2.05, 4.69) is 15.1 Å². The number of rotatable bonds is 2. The fourth-order valence-electron chi connectivity index (χ4n) is 4.78. The van der Waals surface area contributed by atoms with Gasteiger partial charge >= 0.3 is 0 Å². The van der Waals surface area contributed by atoms with Gasteiger partial charge in [-0.25, -0.2) is 9.97 Å². The van der Waals surface area contributed by atoms with Crippen molar-refractivity contribution in [2.45, 2.75) is 25.8 Å². The number of nitrogens with zero attached hydrogens (tertiary/aromatic N) is 6. The maximum absolute atomic E-state index is 13.1. The van der Waals surface area contributed by atoms with Gasteiger partial charge in [-0.1, -0.05) is 0 Å². The van der Waals surface area contributed by atoms with Gasteiger partial charge in [0.25, 0.3) is 11.5 Å². The molecule has 2 aliphatic rings. The molecule has 9 nitrogen and oxygen atoms in total. The number of pyridine rings is 1. The van der Waals surface area contributed by atoms with Gasteiger partial charge in [-0.05, 0) is 25.3 Å². The van der Waals surface area contributed by atoms with Crippen LogP contribution in [-0.4, -0.2) is 48.2 Å². The summed E-state index contributed by atoms with van der Waals surface area (Å²) in [5.41, 5.74) is 9.42. The van der Waals surface area contributed by atoms with Gasteiger partial charge < -0.3 is 15.2 Å². The summed E-state index contributed by atoms with van der Waals surface area (Å²) < 4.78 is 3.52. The second-order valence-electron chi connectivity index (χ2n) is 8.26. The SMILES string of the molecule is Cc1nn(C)cc1C(=O)N1C[C@@H]2C[C@H](C1)c1cc(-c3cc(N)ncn3)cc(=O)n1C2. The van der Waals surface area contributed by atoms with Crippen LogP contribution in [0.2, 0.25) is 0 Å². The summed E-state index contributed by atoms with van der Waals surface area (Å²) in [6, 6.07) is 5.28. The number of nitrogens with two attached hydrogens (primary N) is 1. The Hall–Kier alpha value is -3.49. The van der Waals surface area contributed by atoms with Crippen LogP contribution in [-0.2, 0) is 13.6 Å². The van der Waals surface area contributed by atoms with Crippen molar-refractivity contribution in [3.05, 3.63) is 58.0 Å². The van der Waals surface area contributed by atoms with Crippen molar-refractivity contribution >= 4 is 11.7 Å². The molecule has 0 radical (unpaired) electrons. The monoisotopic (exact) mass is 405 g/mol. The lowest BCUT2D eigenvalue weighted by Gasteiger charge is -2.42. The molecule has 2 N–H and O–H groups in total. The third-order valence-electron chi connectivity index (χ3n) is 6.07. The summed E-state index contributed by atoms with van der Waals surface area (Å²) in [5, 5.41) is 4.30. The first-order valence-corrected chi connectivity index (χ1v) is 10.0. The van der Waals surface area contributed by atoms with Gasteiger partial charge in [-0.3, -0.25) is 14.3 Å². The summed E-state index contributed by atoms with van der Waals surface area (Å²) in [5.74, 6) is 0.727. The smallest absolute Gasteiger partial charge is 0.257 e. The van der Waals surface area contributed by atoms with Gasteiger partial charge in [0, 0.05) is 62.2 Å². The van der Waals surface area contributed by atoms with Crippen molar-refractivity contribution in [2.24, 2.45) is 13.0 Å². The van der Waals surface area contributed by atoms with E-state index in [4.69, 9.17) is 5.73 Å². The van der Waals surface area contributed by atoms with Crippen molar-refractivity contribution in [1.82, 2.24) is 29.2 Å². The van der Waals surface area contributed by atoms with Crippen LogP contribution >= 0.6 is 0 Å². The number of amides is 1. The first-order valence-electron chi connectivity index (χ1n) is 10.0. The van der Waals surface area contributed by atoms with Gasteiger partial charge in [0.15, 0.2) is 0 Å². The third-order valence-corrected chi connectivity index (χ3v) is 6.07. The van der Waals surface area contributed by atoms with Gasteiger partial charge in [0.05, 0.1) is 17.0 Å². The summed E-state index contributed by atoms with van der Waals surface area (Å²) in [6.45, 7) is 3.71. The molecule has 3 aromatic heterocycles. The van der Waals surface area contributed by atoms with E-state index in [1.54, 1.807) is 23.0 Å². The van der Waals surface area contributed by atoms with Crippen LogP contribution in [0.3, 0.4) is 0 Å². The molecule has 5 rings (SSSR count). The number of nitrogen functional groups attached to an aromatic ring is 1. The van der Waals surface area contributed by atoms with E-state index < -0.39 is 0 Å². The number of piperidine rings is 1. The fraction of sp³-hybridized carbons (Fsp3) is 0.381. The fourth-order valence-corrected chi connectivity index (χ4v) is 4.78. The summed E-state index contributed by atoms with van der Waals surface area (Å²) in [4.78, 5) is 36.1. The molecule has 2 aliphatic heterocycles. The molecular weight excluding hydrogens is 382 g/mol. The Morgan fingerprint density at radius 2 is 2.00 bits per heavy atom. The number of aromatic nitrogens is 5. The number of aryl methyl sites for hydroxylation is 2. The summed E-state index contributed by atoms with van der Waals surface area (Å²) in [7, 11) is 1.82. The number of anilines is 1. The maximum atomic E-state index is 13.1. The summed E-state index contributed by atoms with van der Waals surface area (Å²) in [6.07, 6.45) is 4.14. The molecule has 1 saturated heterocycles. The average Bonchev–Trinajstić information content (AvgIpc) is 3.06. The van der Waals surface area contributed by atoms with Crippen LogP contribution in [0.25, 0.3) is 11.3 Å². The molecule has 0 saturated carbocycles. The minimum atomic E-state index is -0.0442. The molecule has 30 heavy (non-hydrogen) atoms. The largest absolute Gasteiger partial charge is 0.384 e. The topological polar surface area (TPSA) is 112 Å². The molecule has 5 heterocycles. The van der Waals surface area contributed by atoms with Gasteiger partial charge in [-0.2, -0.15) is 5.10 Å². The Morgan fingerprint density at radius 1 is 1.17 bits per heavy atom. The highest BCUT2D eigenvalue weighted by atomic mass is 16.2. The predicted molar refractivity (Wildman–Crippen MR) is 111 cm³/mol. The molecule has 0 spiro atoms. The normalized spacial score (nSPS) is 20.1. The zero-order valence-electron chi connectivity index (χ0n) is 16.9. The first-order chi connectivity index (χ1) is 14.4. The van der Waals surface area contributed by atoms with E-state index in [9.17, 15) is 9.59 Å². The Balaban J connectivity index is 1.50. The Kier molecular flexibility index (Phi) is 4.19. The van der Waals surface area contributed by atoms with Crippen molar-refractivity contribution in [3.8, 4) is 11.3 Å². The highest BCUT2D eigenvalue weighted by molar-refractivity contribution is 5.95. The Morgan fingerprint density at radius 3 is 2.73 bits per heavy atom. The number of carbonyl (C=O) groups excluding carboxylic acids is 1. The van der Waals surface area contributed by atoms with E-state index >= 15 is 0 Å². The number of likely N-dealkylation sites (tertiary alicyclic amines) is 1. The quantitative estimate of drug-likeness (QED) is 0.685. The van der Waals surface area contributed by atoms with Gasteiger partial charge in [0.2, 0.25) is 0 Å². The van der Waals surface area contributed by atoms with Gasteiger partial charge in [-0.15, -0.1) is 0 Å². The van der Waals surface area contributed by atoms with E-state index in [1.807, 2.05) is 29.5 Å². The van der Waals surface area contributed by atoms with Crippen LogP contribution in [0, 0.1) is 12.8 Å². The lowest BCUT2D eigenvalue weighted by atomic mass is 9.82. The van der Waals surface area contributed by atoms with Gasteiger partial charge in [0.1, 0.15) is 12.1 Å². The molecule has 0 unspecified atom stereocenters. The lowest BCUT2D eigenvalue weighted by Crippen LogP contribution is -2.49. The van der Waals surface area contributed by atoms with Crippen molar-refractivity contribution in [3.63, 3.8) is 0 Å². The van der Waals surface area contributed by atoms with Crippen LogP contribution in [0.4, 0.5) is 5.82 Å². The van der Waals surface area contributed by atoms with Crippen LogP contribution in [0.1, 0.15) is 34.1 Å². The molecule has 9 heteroatoms. The zero-order chi connectivity index (χ0) is 21.0. The molecule has 154 valence electrons. The van der Waals surface area contributed by atoms with Crippen LogP contribution in [0.15, 0.2) is 35.5 Å². The minimum Gasteiger partial charge on any atom is -0.384 e. The maximum Gasteiger partial charge on any atom is 0.257 e. The molecule has 0 aliphatic carbocycles. The summed E-state index contributed by atoms with van der Waals surface area (Å²) >= 11 is 0. The highest BCUT2D eigenvalue weighted by Gasteiger charge is 2.37. The van der Waals surface area contributed by atoms with Crippen molar-refractivity contribution in [2.75, 3.05) is 18.8 Å². The second-order valence-corrected chi connectivity index (χ2v) is 8.26. The molecule has 0 aromatic carbocycles. The first kappa shape index (κ1) is 18.5. The number of carbonyl (C=O) groups is 1. The number of hydrogen-bond acceptors (Lipinski definition) is 6. The average molecular weight is 405 g/mol. The Bertz CT molecular complexity index is 1210. The zero-order valence-corrected chi connectivity index (χ0v) is 16.9. The molecule has 1 amide bonds. The molecule has 1 fully saturated rings. The number of fused-ring (bicyclic) bond motifs is 4. The van der Waals surface area contributed by atoms with Crippen molar-refractivity contribution in [1.29, 1.82) is 0 Å². The molecule has 2 bridgehead atoms. The Labute approximate surface area is 173 Å². The lowest BCUT2D eigenvalue weighted by molar-refractivity contribution is 0.0594. The van der Waals surface area contributed by atoms with E-state index in [1.165, 1.54) is 6.33 Å². The van der Waals surface area contributed by atoms with Crippen molar-refractivity contribution < 1.29 is 4.79 Å². The highest BCUT2D eigenvalue weighted by Crippen LogP contribution is 2.37. The predicted octanol–water partition coefficient (Wildman–Crippen LogP) is 1.19. The van der Waals surface area contributed by atoms with E-state index in [-0.39, 0.29) is 23.3 Å². The molecular formula is C21H23N7O2. The third kappa shape index (κ3) is 3.06. The number of hydrogen-bond donors (Lipinski definition) is 1. The van der Waals surface area contributed by atoms with Crippen LogP contribution in [0.5, 0.6) is 0 Å². The second kappa shape index (κ2) is 6.79. The molecule has 3 aromatic rings. The van der Waals surface area contributed by atoms with E-state index in [0.29, 0.717) is 36.7 Å². The molecule has 2 atom stereocenters.